The van der Waals surface area contributed by atoms with E-state index in [0.717, 1.165) is 12.8 Å². The number of benzene rings is 3. The van der Waals surface area contributed by atoms with Crippen molar-refractivity contribution in [2.24, 2.45) is 15.8 Å². The predicted octanol–water partition coefficient (Wildman–Crippen LogP) is 8.07. The van der Waals surface area contributed by atoms with Gasteiger partial charge in [0, 0.05) is 21.8 Å². The maximum atomic E-state index is 13.5. The molecule has 12 heteroatoms. The lowest BCUT2D eigenvalue weighted by molar-refractivity contribution is -0.0328. The summed E-state index contributed by atoms with van der Waals surface area (Å²) in [6.07, 6.45) is 5.94. The summed E-state index contributed by atoms with van der Waals surface area (Å²) in [4.78, 5) is 30.7. The molecule has 3 amide bonds. The van der Waals surface area contributed by atoms with Crippen LogP contribution in [-0.2, 0) is 6.54 Å². The van der Waals surface area contributed by atoms with E-state index in [1.54, 1.807) is 12.1 Å². The standard InChI is InChI=1S/C29H29F3N6O2S/c30-29(31,32)41-25-16-12-23(13-17-25)35-28(40)38(24-14-10-21(11-15-24)20-4-2-1-3-5-20)18-19-6-8-22(9-7-19)26(39)36-27(33)37-34/h6-17,20,34H,1-5,18H2,(H,35,40)(H2,33,36,39). The highest BCUT2D eigenvalue weighted by atomic mass is 32.2. The molecule has 8 nitrogen and oxygen atoms in total. The van der Waals surface area contributed by atoms with Gasteiger partial charge in [-0.05, 0) is 90.2 Å². The van der Waals surface area contributed by atoms with Crippen molar-refractivity contribution in [2.75, 3.05) is 10.2 Å². The lowest BCUT2D eigenvalue weighted by atomic mass is 9.84. The molecule has 3 aromatic carbocycles. The minimum atomic E-state index is -4.40. The molecule has 0 saturated heterocycles. The molecule has 0 heterocycles. The number of halogens is 3. The summed E-state index contributed by atoms with van der Waals surface area (Å²) in [7, 11) is 0. The van der Waals surface area contributed by atoms with E-state index in [2.05, 4.69) is 15.4 Å². The number of guanidine groups is 1. The van der Waals surface area contributed by atoms with Crippen LogP contribution in [0.3, 0.4) is 0 Å². The number of anilines is 2. The highest BCUT2D eigenvalue weighted by Crippen LogP contribution is 2.37. The Morgan fingerprint density at radius 2 is 1.59 bits per heavy atom. The zero-order valence-electron chi connectivity index (χ0n) is 22.0. The Morgan fingerprint density at radius 1 is 0.951 bits per heavy atom. The number of rotatable bonds is 7. The molecule has 41 heavy (non-hydrogen) atoms. The van der Waals surface area contributed by atoms with Crippen LogP contribution in [0.25, 0.3) is 0 Å². The average molecular weight is 583 g/mol. The van der Waals surface area contributed by atoms with Gasteiger partial charge >= 0.3 is 11.5 Å². The molecule has 1 saturated carbocycles. The van der Waals surface area contributed by atoms with Crippen molar-refractivity contribution in [1.82, 2.24) is 0 Å². The van der Waals surface area contributed by atoms with E-state index in [9.17, 15) is 22.8 Å². The van der Waals surface area contributed by atoms with Crippen molar-refractivity contribution < 1.29 is 22.8 Å². The maximum Gasteiger partial charge on any atom is 0.446 e. The SMILES string of the molecule is N=NC(N)=NC(=O)c1ccc(CN(C(=O)Nc2ccc(SC(F)(F)F)cc2)c2ccc(C3CCCCC3)cc2)cc1. The first-order valence-electron chi connectivity index (χ1n) is 13.0. The molecular weight excluding hydrogens is 553 g/mol. The number of hydrogen-bond acceptors (Lipinski definition) is 4. The molecule has 4 N–H and O–H groups in total. The Bertz CT molecular complexity index is 1390. The van der Waals surface area contributed by atoms with Gasteiger partial charge < -0.3 is 11.1 Å². The Hall–Kier alpha value is -4.19. The fourth-order valence-electron chi connectivity index (χ4n) is 4.70. The Labute approximate surface area is 239 Å². The molecule has 0 aliphatic heterocycles. The van der Waals surface area contributed by atoms with Gasteiger partial charge in [0.25, 0.3) is 5.91 Å². The number of urea groups is 1. The number of aliphatic imine (C=N–C) groups is 1. The van der Waals surface area contributed by atoms with Crippen LogP contribution in [0, 0.1) is 5.53 Å². The van der Waals surface area contributed by atoms with Gasteiger partial charge in [-0.25, -0.2) is 10.3 Å². The maximum absolute atomic E-state index is 13.5. The van der Waals surface area contributed by atoms with Crippen LogP contribution in [0.5, 0.6) is 0 Å². The molecule has 0 spiro atoms. The van der Waals surface area contributed by atoms with Crippen LogP contribution in [0.2, 0.25) is 0 Å². The van der Waals surface area contributed by atoms with E-state index in [-0.39, 0.29) is 28.8 Å². The molecule has 214 valence electrons. The lowest BCUT2D eigenvalue weighted by Crippen LogP contribution is -2.34. The smallest absolute Gasteiger partial charge is 0.366 e. The van der Waals surface area contributed by atoms with Crippen molar-refractivity contribution in [3.63, 3.8) is 0 Å². The van der Waals surface area contributed by atoms with E-state index < -0.39 is 23.4 Å². The number of nitrogens with one attached hydrogen (secondary N) is 2. The summed E-state index contributed by atoms with van der Waals surface area (Å²) in [6.45, 7) is 0.151. The molecule has 0 bridgehead atoms. The number of nitrogens with two attached hydrogens (primary N) is 1. The molecule has 0 radical (unpaired) electrons. The second-order valence-corrected chi connectivity index (χ2v) is 10.7. The summed E-state index contributed by atoms with van der Waals surface area (Å²) in [5, 5.41) is 5.68. The topological polar surface area (TPSA) is 124 Å². The van der Waals surface area contributed by atoms with Crippen LogP contribution in [0.1, 0.15) is 59.5 Å². The first-order chi connectivity index (χ1) is 19.6. The van der Waals surface area contributed by atoms with Crippen LogP contribution in [0.4, 0.5) is 29.3 Å². The van der Waals surface area contributed by atoms with E-state index in [1.165, 1.54) is 66.1 Å². The van der Waals surface area contributed by atoms with E-state index >= 15 is 0 Å². The molecular formula is C29H29F3N6O2S. The van der Waals surface area contributed by atoms with Gasteiger partial charge in [-0.3, -0.25) is 9.69 Å². The normalized spacial score (nSPS) is 14.4. The second kappa shape index (κ2) is 13.4. The first kappa shape index (κ1) is 29.8. The van der Waals surface area contributed by atoms with Crippen LogP contribution in [-0.4, -0.2) is 23.4 Å². The van der Waals surface area contributed by atoms with Crippen molar-refractivity contribution in [3.05, 3.63) is 89.5 Å². The van der Waals surface area contributed by atoms with Gasteiger partial charge in [-0.1, -0.05) is 43.5 Å². The number of carbonyl (C=O) groups excluding carboxylic acids is 2. The van der Waals surface area contributed by atoms with Gasteiger partial charge in [0.2, 0.25) is 5.96 Å². The second-order valence-electron chi connectivity index (χ2n) is 9.60. The number of carbonyl (C=O) groups is 2. The Kier molecular flexibility index (Phi) is 9.77. The summed E-state index contributed by atoms with van der Waals surface area (Å²) >= 11 is -0.223. The number of hydrogen-bond donors (Lipinski definition) is 3. The molecule has 0 aromatic heterocycles. The van der Waals surface area contributed by atoms with Gasteiger partial charge in [0.1, 0.15) is 0 Å². The van der Waals surface area contributed by atoms with E-state index in [4.69, 9.17) is 11.3 Å². The fourth-order valence-corrected chi connectivity index (χ4v) is 5.24. The van der Waals surface area contributed by atoms with Crippen molar-refractivity contribution in [1.29, 1.82) is 5.53 Å². The average Bonchev–Trinajstić information content (AvgIpc) is 2.97. The predicted molar refractivity (Wildman–Crippen MR) is 153 cm³/mol. The summed E-state index contributed by atoms with van der Waals surface area (Å²) in [6, 6.07) is 19.3. The Morgan fingerprint density at radius 3 is 2.17 bits per heavy atom. The van der Waals surface area contributed by atoms with Gasteiger partial charge in [-0.15, -0.1) is 5.11 Å². The summed E-state index contributed by atoms with van der Waals surface area (Å²) in [5.74, 6) is -0.605. The van der Waals surface area contributed by atoms with Crippen LogP contribution in [0.15, 0.2) is 87.8 Å². The van der Waals surface area contributed by atoms with Gasteiger partial charge in [-0.2, -0.15) is 18.2 Å². The van der Waals surface area contributed by atoms with Crippen molar-refractivity contribution >= 4 is 41.0 Å². The molecule has 4 rings (SSSR count). The minimum Gasteiger partial charge on any atom is -0.366 e. The fraction of sp³-hybridized carbons (Fsp3) is 0.276. The number of thioether (sulfide) groups is 1. The van der Waals surface area contributed by atoms with Gasteiger partial charge in [0.05, 0.1) is 6.54 Å². The minimum absolute atomic E-state index is 0.0165. The van der Waals surface area contributed by atoms with Crippen molar-refractivity contribution in [2.45, 2.75) is 55.0 Å². The number of amides is 3. The number of alkyl halides is 3. The molecule has 3 aromatic rings. The summed E-state index contributed by atoms with van der Waals surface area (Å²) in [5.41, 5.74) is 10.9. The van der Waals surface area contributed by atoms with E-state index in [0.29, 0.717) is 22.9 Å². The largest absolute Gasteiger partial charge is 0.446 e. The third-order valence-corrected chi connectivity index (χ3v) is 7.48. The molecule has 1 aliphatic rings. The lowest BCUT2D eigenvalue weighted by Gasteiger charge is -2.26. The Balaban J connectivity index is 1.55. The molecule has 0 atom stereocenters. The van der Waals surface area contributed by atoms with Crippen molar-refractivity contribution in [3.8, 4) is 0 Å². The van der Waals surface area contributed by atoms with Crippen LogP contribution < -0.4 is 16.0 Å². The molecule has 1 aliphatic carbocycles. The third-order valence-electron chi connectivity index (χ3n) is 6.74. The first-order valence-corrected chi connectivity index (χ1v) is 13.8. The summed E-state index contributed by atoms with van der Waals surface area (Å²) < 4.78 is 38.1. The monoisotopic (exact) mass is 582 g/mol. The van der Waals surface area contributed by atoms with Gasteiger partial charge in [0.15, 0.2) is 0 Å². The molecule has 1 fully saturated rings. The zero-order valence-corrected chi connectivity index (χ0v) is 22.8. The molecule has 0 unspecified atom stereocenters. The van der Waals surface area contributed by atoms with Crippen LogP contribution >= 0.6 is 11.8 Å². The third kappa shape index (κ3) is 8.65. The highest BCUT2D eigenvalue weighted by molar-refractivity contribution is 8.00. The zero-order chi connectivity index (χ0) is 29.4. The quantitative estimate of drug-likeness (QED) is 0.113. The number of nitrogens with zero attached hydrogens (tertiary/aromatic N) is 3. The van der Waals surface area contributed by atoms with E-state index in [1.807, 2.05) is 24.3 Å². The highest BCUT2D eigenvalue weighted by Gasteiger charge is 2.29.